The molecule has 0 aromatic heterocycles. The lowest BCUT2D eigenvalue weighted by Crippen LogP contribution is -2.48. The summed E-state index contributed by atoms with van der Waals surface area (Å²) in [6, 6.07) is 19.0. The smallest absolute Gasteiger partial charge is 0.247 e. The second-order valence-corrected chi connectivity index (χ2v) is 8.49. The minimum atomic E-state index is -0.704. The van der Waals surface area contributed by atoms with E-state index in [1.165, 1.54) is 5.56 Å². The van der Waals surface area contributed by atoms with Crippen molar-refractivity contribution in [1.82, 2.24) is 10.6 Å². The highest BCUT2D eigenvalue weighted by Gasteiger charge is 2.35. The van der Waals surface area contributed by atoms with Crippen LogP contribution in [0, 0.1) is 5.92 Å². The molecule has 160 valence electrons. The number of carbonyl (C=O) groups is 2. The minimum Gasteiger partial charge on any atom is -0.381 e. The van der Waals surface area contributed by atoms with Crippen LogP contribution < -0.4 is 10.6 Å². The summed E-state index contributed by atoms with van der Waals surface area (Å²) in [5.41, 5.74) is 1.85. The Bertz CT molecular complexity index is 815. The minimum absolute atomic E-state index is 0.113. The van der Waals surface area contributed by atoms with E-state index in [9.17, 15) is 9.59 Å². The zero-order chi connectivity index (χ0) is 21.4. The first-order chi connectivity index (χ1) is 14.5. The van der Waals surface area contributed by atoms with E-state index < -0.39 is 6.04 Å². The number of amides is 2. The van der Waals surface area contributed by atoms with E-state index >= 15 is 0 Å². The molecule has 0 aliphatic carbocycles. The lowest BCUT2D eigenvalue weighted by Gasteiger charge is -2.38. The normalized spacial score (nSPS) is 16.6. The summed E-state index contributed by atoms with van der Waals surface area (Å²) in [6.07, 6.45) is 2.10. The summed E-state index contributed by atoms with van der Waals surface area (Å²) in [7, 11) is 0. The molecular formula is C25H32N2O3. The molecule has 1 unspecified atom stereocenters. The van der Waals surface area contributed by atoms with Gasteiger partial charge in [0.2, 0.25) is 11.8 Å². The van der Waals surface area contributed by atoms with Crippen molar-refractivity contribution in [2.45, 2.75) is 44.6 Å². The molecule has 0 saturated carbocycles. The van der Waals surface area contributed by atoms with E-state index in [1.54, 1.807) is 0 Å². The molecule has 0 bridgehead atoms. The molecule has 1 atom stereocenters. The highest BCUT2D eigenvalue weighted by molar-refractivity contribution is 5.88. The lowest BCUT2D eigenvalue weighted by molar-refractivity contribution is -0.129. The number of rotatable bonds is 8. The zero-order valence-corrected chi connectivity index (χ0v) is 17.9. The van der Waals surface area contributed by atoms with Crippen LogP contribution in [-0.2, 0) is 19.7 Å². The van der Waals surface area contributed by atoms with Crippen molar-refractivity contribution in [3.05, 3.63) is 71.8 Å². The number of ether oxygens (including phenoxy) is 1. The molecule has 1 fully saturated rings. The molecule has 3 rings (SSSR count). The Morgan fingerprint density at radius 3 is 2.17 bits per heavy atom. The maximum atomic E-state index is 13.2. The second-order valence-electron chi connectivity index (χ2n) is 8.49. The van der Waals surface area contributed by atoms with Crippen LogP contribution in [0.25, 0.3) is 0 Å². The van der Waals surface area contributed by atoms with E-state index in [4.69, 9.17) is 4.74 Å². The summed E-state index contributed by atoms with van der Waals surface area (Å²) in [5.74, 6) is -0.0639. The average molecular weight is 409 g/mol. The van der Waals surface area contributed by atoms with Crippen LogP contribution in [-0.4, -0.2) is 31.6 Å². The molecule has 5 nitrogen and oxygen atoms in total. The third-order valence-electron chi connectivity index (χ3n) is 5.73. The number of carbonyl (C=O) groups excluding carboxylic acids is 2. The fourth-order valence-corrected chi connectivity index (χ4v) is 4.02. The molecule has 0 radical (unpaired) electrons. The Labute approximate surface area is 179 Å². The summed E-state index contributed by atoms with van der Waals surface area (Å²) >= 11 is 0. The van der Waals surface area contributed by atoms with Gasteiger partial charge in [-0.25, -0.2) is 0 Å². The summed E-state index contributed by atoms with van der Waals surface area (Å²) < 4.78 is 5.59. The van der Waals surface area contributed by atoms with Gasteiger partial charge in [0, 0.05) is 31.6 Å². The van der Waals surface area contributed by atoms with E-state index in [-0.39, 0.29) is 23.1 Å². The van der Waals surface area contributed by atoms with Crippen LogP contribution in [0.5, 0.6) is 0 Å². The molecule has 1 saturated heterocycles. The molecule has 0 spiro atoms. The molecule has 2 aromatic rings. The third kappa shape index (κ3) is 5.70. The number of nitrogens with one attached hydrogen (secondary N) is 2. The van der Waals surface area contributed by atoms with Crippen molar-refractivity contribution < 1.29 is 14.3 Å². The van der Waals surface area contributed by atoms with Crippen molar-refractivity contribution in [3.8, 4) is 0 Å². The highest BCUT2D eigenvalue weighted by atomic mass is 16.5. The Morgan fingerprint density at radius 2 is 1.57 bits per heavy atom. The molecule has 1 heterocycles. The van der Waals surface area contributed by atoms with Gasteiger partial charge in [0.25, 0.3) is 0 Å². The molecule has 30 heavy (non-hydrogen) atoms. The predicted octanol–water partition coefficient (Wildman–Crippen LogP) is 3.75. The molecule has 2 N–H and O–H groups in total. The summed E-state index contributed by atoms with van der Waals surface area (Å²) in [4.78, 5) is 25.6. The van der Waals surface area contributed by atoms with Gasteiger partial charge in [-0.05, 0) is 29.9 Å². The standard InChI is InChI=1S/C25H32N2O3/c1-19(2)17-22(28)27-23(20-9-5-3-6-10-20)24(29)26-18-25(13-15-30-16-14-25)21-11-7-4-8-12-21/h3-12,19,23H,13-18H2,1-2H3,(H,26,29)(H,27,28). The van der Waals surface area contributed by atoms with Gasteiger partial charge >= 0.3 is 0 Å². The second kappa shape index (κ2) is 10.4. The molecule has 1 aliphatic rings. The van der Waals surface area contributed by atoms with Crippen LogP contribution in [0.15, 0.2) is 60.7 Å². The van der Waals surface area contributed by atoms with Crippen molar-refractivity contribution in [1.29, 1.82) is 0 Å². The van der Waals surface area contributed by atoms with Gasteiger partial charge < -0.3 is 15.4 Å². The fourth-order valence-electron chi connectivity index (χ4n) is 4.02. The molecule has 1 aliphatic heterocycles. The van der Waals surface area contributed by atoms with Crippen LogP contribution in [0.1, 0.15) is 50.3 Å². The molecule has 5 heteroatoms. The number of hydrogen-bond acceptors (Lipinski definition) is 3. The topological polar surface area (TPSA) is 67.4 Å². The average Bonchev–Trinajstić information content (AvgIpc) is 2.77. The molecule has 2 aromatic carbocycles. The van der Waals surface area contributed by atoms with Gasteiger partial charge in [0.05, 0.1) is 0 Å². The van der Waals surface area contributed by atoms with Gasteiger partial charge in [0.15, 0.2) is 0 Å². The summed E-state index contributed by atoms with van der Waals surface area (Å²) in [6.45, 7) is 5.86. The van der Waals surface area contributed by atoms with Gasteiger partial charge in [-0.3, -0.25) is 9.59 Å². The van der Waals surface area contributed by atoms with E-state index in [0.29, 0.717) is 26.2 Å². The fraction of sp³-hybridized carbons (Fsp3) is 0.440. The van der Waals surface area contributed by atoms with E-state index in [1.807, 2.05) is 62.4 Å². The number of benzene rings is 2. The van der Waals surface area contributed by atoms with Crippen molar-refractivity contribution in [2.75, 3.05) is 19.8 Å². The first kappa shape index (κ1) is 22.0. The monoisotopic (exact) mass is 408 g/mol. The van der Waals surface area contributed by atoms with Crippen LogP contribution >= 0.6 is 0 Å². The van der Waals surface area contributed by atoms with Gasteiger partial charge in [-0.2, -0.15) is 0 Å². The van der Waals surface area contributed by atoms with E-state index in [2.05, 4.69) is 22.8 Å². The molecule has 2 amide bonds. The quantitative estimate of drug-likeness (QED) is 0.699. The molecular weight excluding hydrogens is 376 g/mol. The van der Waals surface area contributed by atoms with Crippen LogP contribution in [0.2, 0.25) is 0 Å². The van der Waals surface area contributed by atoms with Gasteiger partial charge in [-0.1, -0.05) is 74.5 Å². The Kier molecular flexibility index (Phi) is 7.63. The first-order valence-electron chi connectivity index (χ1n) is 10.8. The largest absolute Gasteiger partial charge is 0.381 e. The lowest BCUT2D eigenvalue weighted by atomic mass is 9.74. The zero-order valence-electron chi connectivity index (χ0n) is 17.9. The van der Waals surface area contributed by atoms with Crippen molar-refractivity contribution >= 4 is 11.8 Å². The van der Waals surface area contributed by atoms with Crippen molar-refractivity contribution in [3.63, 3.8) is 0 Å². The van der Waals surface area contributed by atoms with Crippen LogP contribution in [0.4, 0.5) is 0 Å². The number of hydrogen-bond donors (Lipinski definition) is 2. The van der Waals surface area contributed by atoms with Gasteiger partial charge in [-0.15, -0.1) is 0 Å². The Balaban J connectivity index is 1.76. The predicted molar refractivity (Wildman–Crippen MR) is 118 cm³/mol. The maximum Gasteiger partial charge on any atom is 0.247 e. The van der Waals surface area contributed by atoms with Crippen LogP contribution in [0.3, 0.4) is 0 Å². The highest BCUT2D eigenvalue weighted by Crippen LogP contribution is 2.34. The third-order valence-corrected chi connectivity index (χ3v) is 5.73. The van der Waals surface area contributed by atoms with E-state index in [0.717, 1.165) is 18.4 Å². The maximum absolute atomic E-state index is 13.2. The first-order valence-corrected chi connectivity index (χ1v) is 10.8. The Hall–Kier alpha value is -2.66. The SMILES string of the molecule is CC(C)CC(=O)NC(C(=O)NCC1(c2ccccc2)CCOCC1)c1ccccc1. The van der Waals surface area contributed by atoms with Gasteiger partial charge in [0.1, 0.15) is 6.04 Å². The van der Waals surface area contributed by atoms with Crippen molar-refractivity contribution in [2.24, 2.45) is 5.92 Å². The summed E-state index contributed by atoms with van der Waals surface area (Å²) in [5, 5.41) is 6.07. The Morgan fingerprint density at radius 1 is 0.967 bits per heavy atom.